The van der Waals surface area contributed by atoms with Crippen LogP contribution in [0.2, 0.25) is 0 Å². The molecule has 92 valence electrons. The summed E-state index contributed by atoms with van der Waals surface area (Å²) in [6.45, 7) is 5.48. The Bertz CT molecular complexity index is 523. The van der Waals surface area contributed by atoms with E-state index in [1.54, 1.807) is 0 Å². The van der Waals surface area contributed by atoms with Gasteiger partial charge in [0.15, 0.2) is 0 Å². The molecule has 0 atom stereocenters. The van der Waals surface area contributed by atoms with Gasteiger partial charge < -0.3 is 9.88 Å². The summed E-state index contributed by atoms with van der Waals surface area (Å²) in [7, 11) is 4.20. The number of fused-ring (bicyclic) bond motifs is 1. The first-order valence-electron chi connectivity index (χ1n) is 6.34. The maximum atomic E-state index is 3.21. The highest BCUT2D eigenvalue weighted by Crippen LogP contribution is 2.26. The van der Waals surface area contributed by atoms with Gasteiger partial charge in [-0.2, -0.15) is 0 Å². The second-order valence-electron chi connectivity index (χ2n) is 4.86. The molecule has 2 heteroatoms. The second kappa shape index (κ2) is 4.92. The molecule has 0 fully saturated rings. The van der Waals surface area contributed by atoms with Crippen LogP contribution in [0.25, 0.3) is 10.9 Å². The van der Waals surface area contributed by atoms with E-state index in [1.807, 2.05) is 7.05 Å². The summed E-state index contributed by atoms with van der Waals surface area (Å²) in [5.74, 6) is 0. The van der Waals surface area contributed by atoms with Crippen molar-refractivity contribution in [1.82, 2.24) is 9.88 Å². The molecule has 0 bridgehead atoms. The second-order valence-corrected chi connectivity index (χ2v) is 4.86. The van der Waals surface area contributed by atoms with Crippen molar-refractivity contribution in [1.29, 1.82) is 0 Å². The number of benzene rings is 1. The molecule has 0 amide bonds. The van der Waals surface area contributed by atoms with Crippen molar-refractivity contribution in [2.45, 2.75) is 26.7 Å². The first-order valence-corrected chi connectivity index (χ1v) is 6.34. The molecule has 2 aromatic rings. The number of rotatable bonds is 4. The highest BCUT2D eigenvalue weighted by molar-refractivity contribution is 5.85. The van der Waals surface area contributed by atoms with E-state index in [4.69, 9.17) is 0 Å². The summed E-state index contributed by atoms with van der Waals surface area (Å²) in [6.07, 6.45) is 2.34. The zero-order valence-electron chi connectivity index (χ0n) is 11.3. The van der Waals surface area contributed by atoms with E-state index in [1.165, 1.54) is 34.1 Å². The van der Waals surface area contributed by atoms with Crippen molar-refractivity contribution in [3.8, 4) is 0 Å². The van der Waals surface area contributed by atoms with E-state index < -0.39 is 0 Å². The number of hydrogen-bond acceptors (Lipinski definition) is 1. The highest BCUT2D eigenvalue weighted by atomic mass is 14.9. The van der Waals surface area contributed by atoms with Gasteiger partial charge in [0.1, 0.15) is 0 Å². The van der Waals surface area contributed by atoms with Crippen LogP contribution in [0.1, 0.15) is 23.2 Å². The summed E-state index contributed by atoms with van der Waals surface area (Å²) < 4.78 is 2.35. The molecule has 0 aliphatic heterocycles. The molecule has 1 N–H and O–H groups in total. The SMILES string of the molecule is CNCCCc1c(C)c2ccc(C)cc2n1C. The standard InChI is InChI=1S/C15H22N2/c1-11-7-8-13-12(2)14(6-5-9-16-3)17(4)15(13)10-11/h7-8,10,16H,5-6,9H2,1-4H3. The predicted molar refractivity (Wildman–Crippen MR) is 74.6 cm³/mol. The zero-order valence-corrected chi connectivity index (χ0v) is 11.3. The van der Waals surface area contributed by atoms with Gasteiger partial charge in [0.2, 0.25) is 0 Å². The Hall–Kier alpha value is -1.28. The summed E-state index contributed by atoms with van der Waals surface area (Å²) in [5.41, 5.74) is 5.61. The van der Waals surface area contributed by atoms with Crippen molar-refractivity contribution < 1.29 is 0 Å². The van der Waals surface area contributed by atoms with Crippen LogP contribution >= 0.6 is 0 Å². The summed E-state index contributed by atoms with van der Waals surface area (Å²) in [6, 6.07) is 6.73. The topological polar surface area (TPSA) is 17.0 Å². The van der Waals surface area contributed by atoms with Crippen molar-refractivity contribution in [3.05, 3.63) is 35.0 Å². The monoisotopic (exact) mass is 230 g/mol. The summed E-state index contributed by atoms with van der Waals surface area (Å²) in [5, 5.41) is 4.61. The Morgan fingerprint density at radius 2 is 2.00 bits per heavy atom. The van der Waals surface area contributed by atoms with Gasteiger partial charge in [0.25, 0.3) is 0 Å². The Kier molecular flexibility index (Phi) is 3.53. The van der Waals surface area contributed by atoms with Crippen LogP contribution in [-0.2, 0) is 13.5 Å². The maximum Gasteiger partial charge on any atom is 0.0485 e. The van der Waals surface area contributed by atoms with Crippen molar-refractivity contribution >= 4 is 10.9 Å². The fourth-order valence-corrected chi connectivity index (χ4v) is 2.58. The Morgan fingerprint density at radius 1 is 1.24 bits per heavy atom. The molecular weight excluding hydrogens is 208 g/mol. The summed E-state index contributed by atoms with van der Waals surface area (Å²) >= 11 is 0. The number of aryl methyl sites for hydroxylation is 3. The Morgan fingerprint density at radius 3 is 2.71 bits per heavy atom. The van der Waals surface area contributed by atoms with Crippen LogP contribution in [0.4, 0.5) is 0 Å². The van der Waals surface area contributed by atoms with Crippen LogP contribution < -0.4 is 5.32 Å². The molecule has 2 rings (SSSR count). The lowest BCUT2D eigenvalue weighted by atomic mass is 10.1. The van der Waals surface area contributed by atoms with E-state index in [-0.39, 0.29) is 0 Å². The van der Waals surface area contributed by atoms with Gasteiger partial charge in [0.05, 0.1) is 0 Å². The van der Waals surface area contributed by atoms with Gasteiger partial charge in [-0.05, 0) is 57.5 Å². The first-order chi connectivity index (χ1) is 8.15. The molecule has 0 spiro atoms. The summed E-state index contributed by atoms with van der Waals surface area (Å²) in [4.78, 5) is 0. The molecule has 0 aliphatic rings. The Balaban J connectivity index is 2.42. The van der Waals surface area contributed by atoms with Gasteiger partial charge in [-0.25, -0.2) is 0 Å². The minimum atomic E-state index is 1.08. The minimum absolute atomic E-state index is 1.08. The van der Waals surface area contributed by atoms with Crippen molar-refractivity contribution in [2.24, 2.45) is 7.05 Å². The average molecular weight is 230 g/mol. The molecular formula is C15H22N2. The molecule has 17 heavy (non-hydrogen) atoms. The molecule has 2 nitrogen and oxygen atoms in total. The first kappa shape index (κ1) is 12.2. The number of aromatic nitrogens is 1. The van der Waals surface area contributed by atoms with Crippen LogP contribution in [0, 0.1) is 13.8 Å². The molecule has 0 unspecified atom stereocenters. The largest absolute Gasteiger partial charge is 0.347 e. The van der Waals surface area contributed by atoms with E-state index in [0.29, 0.717) is 0 Å². The quantitative estimate of drug-likeness (QED) is 0.799. The molecule has 0 saturated carbocycles. The van der Waals surface area contributed by atoms with Crippen LogP contribution in [-0.4, -0.2) is 18.2 Å². The predicted octanol–water partition coefficient (Wildman–Crippen LogP) is 2.95. The third kappa shape index (κ3) is 2.22. The van der Waals surface area contributed by atoms with Crippen LogP contribution in [0.15, 0.2) is 18.2 Å². The van der Waals surface area contributed by atoms with Crippen LogP contribution in [0.5, 0.6) is 0 Å². The zero-order chi connectivity index (χ0) is 12.4. The number of nitrogens with zero attached hydrogens (tertiary/aromatic N) is 1. The normalized spacial score (nSPS) is 11.3. The van der Waals surface area contributed by atoms with E-state index in [9.17, 15) is 0 Å². The van der Waals surface area contributed by atoms with Gasteiger partial charge >= 0.3 is 0 Å². The number of hydrogen-bond donors (Lipinski definition) is 1. The third-order valence-corrected chi connectivity index (χ3v) is 3.60. The number of nitrogens with one attached hydrogen (secondary N) is 1. The van der Waals surface area contributed by atoms with Crippen molar-refractivity contribution in [2.75, 3.05) is 13.6 Å². The fourth-order valence-electron chi connectivity index (χ4n) is 2.58. The molecule has 0 radical (unpaired) electrons. The molecule has 1 heterocycles. The van der Waals surface area contributed by atoms with E-state index in [2.05, 4.69) is 49.0 Å². The average Bonchev–Trinajstić information content (AvgIpc) is 2.54. The third-order valence-electron chi connectivity index (χ3n) is 3.60. The van der Waals surface area contributed by atoms with E-state index in [0.717, 1.165) is 13.0 Å². The van der Waals surface area contributed by atoms with Gasteiger partial charge in [-0.3, -0.25) is 0 Å². The minimum Gasteiger partial charge on any atom is -0.347 e. The lowest BCUT2D eigenvalue weighted by Gasteiger charge is -2.05. The van der Waals surface area contributed by atoms with Gasteiger partial charge in [0, 0.05) is 23.6 Å². The van der Waals surface area contributed by atoms with E-state index >= 15 is 0 Å². The molecule has 0 aliphatic carbocycles. The maximum absolute atomic E-state index is 3.21. The smallest absolute Gasteiger partial charge is 0.0485 e. The lowest BCUT2D eigenvalue weighted by molar-refractivity contribution is 0.696. The highest BCUT2D eigenvalue weighted by Gasteiger charge is 2.10. The molecule has 1 aromatic heterocycles. The lowest BCUT2D eigenvalue weighted by Crippen LogP contribution is -2.09. The van der Waals surface area contributed by atoms with Gasteiger partial charge in [-0.15, -0.1) is 0 Å². The molecule has 1 aromatic carbocycles. The van der Waals surface area contributed by atoms with Crippen molar-refractivity contribution in [3.63, 3.8) is 0 Å². The van der Waals surface area contributed by atoms with Gasteiger partial charge in [-0.1, -0.05) is 12.1 Å². The molecule has 0 saturated heterocycles. The van der Waals surface area contributed by atoms with Crippen LogP contribution in [0.3, 0.4) is 0 Å². The Labute approximate surface area is 104 Å². The fraction of sp³-hybridized carbons (Fsp3) is 0.467.